The van der Waals surface area contributed by atoms with Crippen LogP contribution in [0.3, 0.4) is 0 Å². The molecule has 1 fully saturated rings. The topological polar surface area (TPSA) is 12.0 Å². The van der Waals surface area contributed by atoms with Crippen LogP contribution in [0.1, 0.15) is 36.8 Å². The molecule has 0 aliphatic heterocycles. The molecule has 0 unspecified atom stereocenters. The molecule has 1 saturated carbocycles. The van der Waals surface area contributed by atoms with Gasteiger partial charge in [-0.05, 0) is 43.9 Å². The average Bonchev–Trinajstić information content (AvgIpc) is 2.56. The van der Waals surface area contributed by atoms with Gasteiger partial charge in [-0.15, -0.1) is 0 Å². The van der Waals surface area contributed by atoms with E-state index in [1.807, 2.05) is 0 Å². The van der Waals surface area contributed by atoms with Gasteiger partial charge in [-0.25, -0.2) is 0 Å². The van der Waals surface area contributed by atoms with Gasteiger partial charge in [0.15, 0.2) is 0 Å². The first-order valence-electron chi connectivity index (χ1n) is 7.63. The number of nitrogens with one attached hydrogen (secondary N) is 1. The molecule has 0 aromatic heterocycles. The number of hydrogen-bond donors (Lipinski definition) is 1. The predicted molar refractivity (Wildman–Crippen MR) is 85.0 cm³/mol. The highest BCUT2D eigenvalue weighted by atomic mass is 14.9. The first-order valence-corrected chi connectivity index (χ1v) is 7.63. The monoisotopic (exact) mass is 265 g/mol. The maximum absolute atomic E-state index is 3.44. The Morgan fingerprint density at radius 2 is 1.25 bits per heavy atom. The lowest BCUT2D eigenvalue weighted by molar-refractivity contribution is 0.292. The lowest BCUT2D eigenvalue weighted by Gasteiger charge is -2.41. The van der Waals surface area contributed by atoms with Gasteiger partial charge in [0.2, 0.25) is 0 Å². The molecule has 1 aliphatic rings. The summed E-state index contributed by atoms with van der Waals surface area (Å²) in [6.07, 6.45) is 4.96. The molecule has 0 spiro atoms. The van der Waals surface area contributed by atoms with E-state index in [9.17, 15) is 0 Å². The molecule has 1 heteroatoms. The van der Waals surface area contributed by atoms with Crippen molar-refractivity contribution in [1.82, 2.24) is 5.32 Å². The minimum atomic E-state index is 0.204. The van der Waals surface area contributed by atoms with Gasteiger partial charge < -0.3 is 5.32 Å². The molecule has 0 radical (unpaired) electrons. The standard InChI is InChI=1S/C19H23N/c1-20-18-12-14-19(15-13-18,16-8-4-2-5-9-16)17-10-6-3-7-11-17/h2-11,18,20H,12-15H2,1H3. The van der Waals surface area contributed by atoms with Crippen LogP contribution < -0.4 is 5.32 Å². The highest BCUT2D eigenvalue weighted by molar-refractivity contribution is 5.39. The van der Waals surface area contributed by atoms with Crippen LogP contribution >= 0.6 is 0 Å². The van der Waals surface area contributed by atoms with Gasteiger partial charge >= 0.3 is 0 Å². The van der Waals surface area contributed by atoms with E-state index in [1.54, 1.807) is 0 Å². The Bertz CT molecular complexity index is 483. The number of benzene rings is 2. The lowest BCUT2D eigenvalue weighted by Crippen LogP contribution is -2.39. The van der Waals surface area contributed by atoms with Crippen LogP contribution in [0.2, 0.25) is 0 Å². The number of rotatable bonds is 3. The second kappa shape index (κ2) is 5.80. The highest BCUT2D eigenvalue weighted by Gasteiger charge is 2.37. The van der Waals surface area contributed by atoms with Gasteiger partial charge in [-0.1, -0.05) is 60.7 Å². The van der Waals surface area contributed by atoms with E-state index in [0.29, 0.717) is 6.04 Å². The third-order valence-electron chi connectivity index (χ3n) is 4.90. The van der Waals surface area contributed by atoms with Crippen molar-refractivity contribution in [3.05, 3.63) is 71.8 Å². The Balaban J connectivity index is 2.01. The largest absolute Gasteiger partial charge is 0.317 e. The van der Waals surface area contributed by atoms with Crippen LogP contribution in [0.15, 0.2) is 60.7 Å². The van der Waals surface area contributed by atoms with Gasteiger partial charge in [-0.2, -0.15) is 0 Å². The van der Waals surface area contributed by atoms with Crippen LogP contribution in [-0.2, 0) is 5.41 Å². The van der Waals surface area contributed by atoms with Crippen molar-refractivity contribution in [2.24, 2.45) is 0 Å². The van der Waals surface area contributed by atoms with E-state index in [-0.39, 0.29) is 5.41 Å². The molecule has 0 bridgehead atoms. The second-order valence-corrected chi connectivity index (χ2v) is 5.88. The zero-order chi connectivity index (χ0) is 13.8. The fourth-order valence-electron chi connectivity index (χ4n) is 3.66. The average molecular weight is 265 g/mol. The van der Waals surface area contributed by atoms with E-state index >= 15 is 0 Å². The normalized spacial score (nSPS) is 18.9. The van der Waals surface area contributed by atoms with Gasteiger partial charge in [0, 0.05) is 11.5 Å². The molecular weight excluding hydrogens is 242 g/mol. The van der Waals surface area contributed by atoms with Crippen molar-refractivity contribution in [3.8, 4) is 0 Å². The van der Waals surface area contributed by atoms with Gasteiger partial charge in [0.1, 0.15) is 0 Å². The molecule has 1 N–H and O–H groups in total. The predicted octanol–water partition coefficient (Wildman–Crippen LogP) is 4.13. The summed E-state index contributed by atoms with van der Waals surface area (Å²) >= 11 is 0. The van der Waals surface area contributed by atoms with E-state index in [4.69, 9.17) is 0 Å². The van der Waals surface area contributed by atoms with Crippen LogP contribution in [-0.4, -0.2) is 13.1 Å². The lowest BCUT2D eigenvalue weighted by atomic mass is 9.64. The third kappa shape index (κ3) is 2.38. The summed E-state index contributed by atoms with van der Waals surface area (Å²) in [5, 5.41) is 3.44. The van der Waals surface area contributed by atoms with Crippen molar-refractivity contribution in [2.75, 3.05) is 7.05 Å². The third-order valence-corrected chi connectivity index (χ3v) is 4.90. The molecule has 1 nitrogen and oxygen atoms in total. The van der Waals surface area contributed by atoms with Crippen molar-refractivity contribution in [3.63, 3.8) is 0 Å². The van der Waals surface area contributed by atoms with Crippen LogP contribution in [0, 0.1) is 0 Å². The minimum Gasteiger partial charge on any atom is -0.317 e. The zero-order valence-electron chi connectivity index (χ0n) is 12.2. The second-order valence-electron chi connectivity index (χ2n) is 5.88. The van der Waals surface area contributed by atoms with E-state index < -0.39 is 0 Å². The van der Waals surface area contributed by atoms with Crippen molar-refractivity contribution >= 4 is 0 Å². The smallest absolute Gasteiger partial charge is 0.0204 e. The van der Waals surface area contributed by atoms with E-state index in [0.717, 1.165) is 0 Å². The molecule has 104 valence electrons. The van der Waals surface area contributed by atoms with Crippen molar-refractivity contribution < 1.29 is 0 Å². The zero-order valence-corrected chi connectivity index (χ0v) is 12.2. The molecule has 0 saturated heterocycles. The maximum Gasteiger partial charge on any atom is 0.0204 e. The number of hydrogen-bond acceptors (Lipinski definition) is 1. The fourth-order valence-corrected chi connectivity index (χ4v) is 3.66. The summed E-state index contributed by atoms with van der Waals surface area (Å²) in [6.45, 7) is 0. The summed E-state index contributed by atoms with van der Waals surface area (Å²) in [6, 6.07) is 22.8. The van der Waals surface area contributed by atoms with Crippen molar-refractivity contribution in [1.29, 1.82) is 0 Å². The molecule has 2 aromatic rings. The van der Waals surface area contributed by atoms with Gasteiger partial charge in [-0.3, -0.25) is 0 Å². The minimum absolute atomic E-state index is 0.204. The summed E-state index contributed by atoms with van der Waals surface area (Å²) in [7, 11) is 2.09. The van der Waals surface area contributed by atoms with Crippen LogP contribution in [0.4, 0.5) is 0 Å². The first-order chi connectivity index (χ1) is 9.85. The Morgan fingerprint density at radius 3 is 1.65 bits per heavy atom. The molecule has 20 heavy (non-hydrogen) atoms. The molecular formula is C19H23N. The summed E-state index contributed by atoms with van der Waals surface area (Å²) in [5.74, 6) is 0. The molecule has 0 heterocycles. The molecule has 0 amide bonds. The van der Waals surface area contributed by atoms with E-state index in [1.165, 1.54) is 36.8 Å². The highest BCUT2D eigenvalue weighted by Crippen LogP contribution is 2.44. The molecule has 2 aromatic carbocycles. The summed E-state index contributed by atoms with van der Waals surface area (Å²) < 4.78 is 0. The SMILES string of the molecule is CNC1CCC(c2ccccc2)(c2ccccc2)CC1. The Morgan fingerprint density at radius 1 is 0.800 bits per heavy atom. The quantitative estimate of drug-likeness (QED) is 0.879. The molecule has 1 aliphatic carbocycles. The molecule has 3 rings (SSSR count). The Hall–Kier alpha value is -1.60. The first kappa shape index (κ1) is 13.4. The van der Waals surface area contributed by atoms with Gasteiger partial charge in [0.05, 0.1) is 0 Å². The fraction of sp³-hybridized carbons (Fsp3) is 0.368. The van der Waals surface area contributed by atoms with Crippen LogP contribution in [0.5, 0.6) is 0 Å². The molecule has 0 atom stereocenters. The Labute approximate surface area is 122 Å². The van der Waals surface area contributed by atoms with Crippen LogP contribution in [0.25, 0.3) is 0 Å². The summed E-state index contributed by atoms with van der Waals surface area (Å²) in [4.78, 5) is 0. The summed E-state index contributed by atoms with van der Waals surface area (Å²) in [5.41, 5.74) is 3.15. The Kier molecular flexibility index (Phi) is 3.88. The van der Waals surface area contributed by atoms with Gasteiger partial charge in [0.25, 0.3) is 0 Å². The van der Waals surface area contributed by atoms with Crippen molar-refractivity contribution in [2.45, 2.75) is 37.1 Å². The van der Waals surface area contributed by atoms with E-state index in [2.05, 4.69) is 73.0 Å². The maximum atomic E-state index is 3.44.